The second kappa shape index (κ2) is 5.99. The van der Waals surface area contributed by atoms with Crippen LogP contribution in [-0.4, -0.2) is 27.2 Å². The molecule has 2 N–H and O–H groups in total. The van der Waals surface area contributed by atoms with Crippen LogP contribution in [0.2, 0.25) is 0 Å². The van der Waals surface area contributed by atoms with Gasteiger partial charge in [-0.05, 0) is 19.1 Å². The smallest absolute Gasteiger partial charge is 0.253 e. The number of hydrogen-bond donors (Lipinski definition) is 2. The third-order valence-corrected chi connectivity index (χ3v) is 2.79. The van der Waals surface area contributed by atoms with Crippen LogP contribution < -0.4 is 10.6 Å². The average Bonchev–Trinajstić information content (AvgIpc) is 2.82. The number of aromatic nitrogens is 3. The highest BCUT2D eigenvalue weighted by atomic mass is 16.1. The van der Waals surface area contributed by atoms with Crippen molar-refractivity contribution >= 4 is 11.6 Å². The monoisotopic (exact) mass is 259 g/mol. The van der Waals surface area contributed by atoms with Gasteiger partial charge in [0, 0.05) is 26.0 Å². The summed E-state index contributed by atoms with van der Waals surface area (Å²) >= 11 is 0. The maximum absolute atomic E-state index is 12.1. The molecule has 0 aliphatic heterocycles. The van der Waals surface area contributed by atoms with Crippen LogP contribution in [0.15, 0.2) is 30.7 Å². The Bertz CT molecular complexity index is 564. The molecule has 100 valence electrons. The van der Waals surface area contributed by atoms with E-state index in [0.29, 0.717) is 12.1 Å². The van der Waals surface area contributed by atoms with Crippen molar-refractivity contribution in [1.82, 2.24) is 20.1 Å². The molecule has 0 aromatic carbocycles. The summed E-state index contributed by atoms with van der Waals surface area (Å²) in [4.78, 5) is 16.2. The number of carbonyl (C=O) groups excluding carboxylic acids is 1. The van der Waals surface area contributed by atoms with Crippen LogP contribution in [0.1, 0.15) is 23.0 Å². The summed E-state index contributed by atoms with van der Waals surface area (Å²) in [7, 11) is 1.85. The van der Waals surface area contributed by atoms with Gasteiger partial charge in [-0.25, -0.2) is 0 Å². The zero-order valence-corrected chi connectivity index (χ0v) is 11.1. The van der Waals surface area contributed by atoms with Crippen molar-refractivity contribution in [3.8, 4) is 0 Å². The van der Waals surface area contributed by atoms with E-state index in [9.17, 15) is 4.79 Å². The second-order valence-corrected chi connectivity index (χ2v) is 4.08. The molecular formula is C13H17N5O. The number of nitrogens with zero attached hydrogens (tertiary/aromatic N) is 3. The summed E-state index contributed by atoms with van der Waals surface area (Å²) in [6, 6.07) is 3.58. The van der Waals surface area contributed by atoms with Crippen LogP contribution >= 0.6 is 0 Å². The van der Waals surface area contributed by atoms with Crippen molar-refractivity contribution in [3.63, 3.8) is 0 Å². The molecule has 2 aromatic heterocycles. The highest BCUT2D eigenvalue weighted by Crippen LogP contribution is 2.13. The van der Waals surface area contributed by atoms with E-state index in [4.69, 9.17) is 0 Å². The highest BCUT2D eigenvalue weighted by molar-refractivity contribution is 5.99. The molecule has 0 bridgehead atoms. The largest absolute Gasteiger partial charge is 0.383 e. The first-order chi connectivity index (χ1) is 9.22. The molecule has 19 heavy (non-hydrogen) atoms. The lowest BCUT2D eigenvalue weighted by Crippen LogP contribution is -2.25. The molecule has 6 heteroatoms. The summed E-state index contributed by atoms with van der Waals surface area (Å²) in [5.41, 5.74) is 2.29. The van der Waals surface area contributed by atoms with E-state index in [1.54, 1.807) is 29.3 Å². The summed E-state index contributed by atoms with van der Waals surface area (Å²) < 4.78 is 1.73. The van der Waals surface area contributed by atoms with E-state index in [0.717, 1.165) is 17.9 Å². The van der Waals surface area contributed by atoms with E-state index in [1.807, 2.05) is 20.0 Å². The fourth-order valence-corrected chi connectivity index (χ4v) is 1.76. The van der Waals surface area contributed by atoms with E-state index < -0.39 is 0 Å². The lowest BCUT2D eigenvalue weighted by atomic mass is 10.2. The van der Waals surface area contributed by atoms with Crippen LogP contribution in [0.5, 0.6) is 0 Å². The molecule has 2 heterocycles. The van der Waals surface area contributed by atoms with Gasteiger partial charge >= 0.3 is 0 Å². The Hall–Kier alpha value is -2.37. The number of pyridine rings is 1. The van der Waals surface area contributed by atoms with Crippen molar-refractivity contribution < 1.29 is 4.79 Å². The molecule has 1 amide bonds. The predicted molar refractivity (Wildman–Crippen MR) is 72.8 cm³/mol. The van der Waals surface area contributed by atoms with Crippen molar-refractivity contribution in [2.24, 2.45) is 7.05 Å². The van der Waals surface area contributed by atoms with E-state index >= 15 is 0 Å². The van der Waals surface area contributed by atoms with Crippen LogP contribution in [-0.2, 0) is 13.6 Å². The maximum atomic E-state index is 12.1. The molecule has 0 atom stereocenters. The number of anilines is 1. The Balaban J connectivity index is 2.06. The summed E-state index contributed by atoms with van der Waals surface area (Å²) in [5.74, 6) is -0.125. The quantitative estimate of drug-likeness (QED) is 0.845. The predicted octanol–water partition coefficient (Wildman–Crippen LogP) is 1.18. The van der Waals surface area contributed by atoms with E-state index in [1.165, 1.54) is 0 Å². The van der Waals surface area contributed by atoms with Gasteiger partial charge in [0.1, 0.15) is 0 Å². The van der Waals surface area contributed by atoms with Crippen molar-refractivity contribution in [2.75, 3.05) is 11.9 Å². The lowest BCUT2D eigenvalue weighted by Gasteiger charge is -2.10. The summed E-state index contributed by atoms with van der Waals surface area (Å²) in [6.07, 6.45) is 4.97. The number of rotatable bonds is 5. The number of aryl methyl sites for hydroxylation is 1. The van der Waals surface area contributed by atoms with Crippen molar-refractivity contribution in [2.45, 2.75) is 13.5 Å². The minimum Gasteiger partial charge on any atom is -0.383 e. The van der Waals surface area contributed by atoms with E-state index in [2.05, 4.69) is 20.7 Å². The normalized spacial score (nSPS) is 10.2. The van der Waals surface area contributed by atoms with Gasteiger partial charge in [-0.2, -0.15) is 5.10 Å². The van der Waals surface area contributed by atoms with Gasteiger partial charge in [0.15, 0.2) is 0 Å². The van der Waals surface area contributed by atoms with Crippen LogP contribution in [0.25, 0.3) is 0 Å². The molecule has 0 aliphatic rings. The third-order valence-electron chi connectivity index (χ3n) is 2.79. The topological polar surface area (TPSA) is 71.8 Å². The molecule has 0 radical (unpaired) electrons. The summed E-state index contributed by atoms with van der Waals surface area (Å²) in [5, 5.41) is 10.1. The Morgan fingerprint density at radius 3 is 2.89 bits per heavy atom. The van der Waals surface area contributed by atoms with Gasteiger partial charge in [-0.1, -0.05) is 0 Å². The SMILES string of the molecule is CCNc1cnccc1C(=O)NCc1ccnn1C. The zero-order valence-electron chi connectivity index (χ0n) is 11.1. The third kappa shape index (κ3) is 3.09. The van der Waals surface area contributed by atoms with Gasteiger partial charge < -0.3 is 10.6 Å². The maximum Gasteiger partial charge on any atom is 0.253 e. The fraction of sp³-hybridized carbons (Fsp3) is 0.308. The second-order valence-electron chi connectivity index (χ2n) is 4.08. The molecule has 2 aromatic rings. The molecule has 6 nitrogen and oxygen atoms in total. The zero-order chi connectivity index (χ0) is 13.7. The van der Waals surface area contributed by atoms with E-state index in [-0.39, 0.29) is 5.91 Å². The standard InChI is InChI=1S/C13H17N5O/c1-3-15-12-9-14-6-5-11(12)13(19)16-8-10-4-7-17-18(10)2/h4-7,9,15H,3,8H2,1-2H3,(H,16,19). The first-order valence-corrected chi connectivity index (χ1v) is 6.15. The van der Waals surface area contributed by atoms with Gasteiger partial charge in [0.05, 0.1) is 29.7 Å². The molecule has 0 saturated heterocycles. The number of hydrogen-bond acceptors (Lipinski definition) is 4. The Labute approximate surface area is 111 Å². The van der Waals surface area contributed by atoms with Crippen molar-refractivity contribution in [3.05, 3.63) is 42.0 Å². The Morgan fingerprint density at radius 1 is 1.37 bits per heavy atom. The number of amides is 1. The van der Waals surface area contributed by atoms with Crippen LogP contribution in [0.3, 0.4) is 0 Å². The molecule has 0 spiro atoms. The van der Waals surface area contributed by atoms with Gasteiger partial charge in [0.2, 0.25) is 0 Å². The first kappa shape index (κ1) is 13.1. The fourth-order valence-electron chi connectivity index (χ4n) is 1.76. The van der Waals surface area contributed by atoms with Crippen LogP contribution in [0, 0.1) is 0 Å². The van der Waals surface area contributed by atoms with Crippen LogP contribution in [0.4, 0.5) is 5.69 Å². The Morgan fingerprint density at radius 2 is 2.21 bits per heavy atom. The summed E-state index contributed by atoms with van der Waals surface area (Å²) in [6.45, 7) is 3.17. The number of nitrogens with one attached hydrogen (secondary N) is 2. The molecule has 0 saturated carbocycles. The Kier molecular flexibility index (Phi) is 4.12. The van der Waals surface area contributed by atoms with Gasteiger partial charge in [0.25, 0.3) is 5.91 Å². The molecular weight excluding hydrogens is 242 g/mol. The molecule has 2 rings (SSSR count). The highest BCUT2D eigenvalue weighted by Gasteiger charge is 2.11. The first-order valence-electron chi connectivity index (χ1n) is 6.15. The lowest BCUT2D eigenvalue weighted by molar-refractivity contribution is 0.0950. The molecule has 0 aliphatic carbocycles. The van der Waals surface area contributed by atoms with Gasteiger partial charge in [-0.15, -0.1) is 0 Å². The number of carbonyl (C=O) groups is 1. The molecule has 0 fully saturated rings. The average molecular weight is 259 g/mol. The van der Waals surface area contributed by atoms with Crippen molar-refractivity contribution in [1.29, 1.82) is 0 Å². The molecule has 0 unspecified atom stereocenters. The minimum absolute atomic E-state index is 0.125. The van der Waals surface area contributed by atoms with Gasteiger partial charge in [-0.3, -0.25) is 14.5 Å². The minimum atomic E-state index is -0.125.